The fourth-order valence-electron chi connectivity index (χ4n) is 2.10. The van der Waals surface area contributed by atoms with E-state index in [4.69, 9.17) is 11.6 Å². The lowest BCUT2D eigenvalue weighted by molar-refractivity contribution is -0.115. The zero-order valence-corrected chi connectivity index (χ0v) is 11.1. The SMILES string of the molecule is O=C1Nc2ccc(Cl)cc2C1C=Nc1ccc(O)cc1. The van der Waals surface area contributed by atoms with Gasteiger partial charge in [-0.2, -0.15) is 0 Å². The number of anilines is 1. The fraction of sp³-hybridized carbons (Fsp3) is 0.0667. The Kier molecular flexibility index (Phi) is 3.16. The first-order chi connectivity index (χ1) is 9.63. The summed E-state index contributed by atoms with van der Waals surface area (Å²) in [4.78, 5) is 16.2. The van der Waals surface area contributed by atoms with Crippen LogP contribution in [0.15, 0.2) is 47.5 Å². The van der Waals surface area contributed by atoms with Gasteiger partial charge in [0.1, 0.15) is 11.7 Å². The number of phenolic OH excluding ortho intramolecular Hbond substituents is 1. The maximum absolute atomic E-state index is 11.9. The number of carbonyl (C=O) groups excluding carboxylic acids is 1. The summed E-state index contributed by atoms with van der Waals surface area (Å²) in [6.45, 7) is 0. The molecule has 1 aliphatic heterocycles. The highest BCUT2D eigenvalue weighted by atomic mass is 35.5. The molecule has 0 spiro atoms. The van der Waals surface area contributed by atoms with Gasteiger partial charge in [0.2, 0.25) is 5.91 Å². The van der Waals surface area contributed by atoms with Crippen LogP contribution in [0.1, 0.15) is 11.5 Å². The zero-order valence-electron chi connectivity index (χ0n) is 10.4. The van der Waals surface area contributed by atoms with Crippen molar-refractivity contribution in [3.05, 3.63) is 53.1 Å². The average Bonchev–Trinajstić information content (AvgIpc) is 2.73. The molecule has 1 aliphatic rings. The van der Waals surface area contributed by atoms with E-state index in [0.717, 1.165) is 11.3 Å². The second-order valence-corrected chi connectivity index (χ2v) is 4.93. The molecule has 100 valence electrons. The third-order valence-electron chi connectivity index (χ3n) is 3.11. The van der Waals surface area contributed by atoms with Gasteiger partial charge in [0, 0.05) is 16.9 Å². The van der Waals surface area contributed by atoms with Crippen molar-refractivity contribution in [2.24, 2.45) is 4.99 Å². The van der Waals surface area contributed by atoms with Crippen LogP contribution in [0.25, 0.3) is 0 Å². The van der Waals surface area contributed by atoms with Gasteiger partial charge < -0.3 is 10.4 Å². The Hall–Kier alpha value is -2.33. The minimum Gasteiger partial charge on any atom is -0.508 e. The van der Waals surface area contributed by atoms with Gasteiger partial charge in [-0.3, -0.25) is 9.79 Å². The van der Waals surface area contributed by atoms with Crippen LogP contribution in [0.4, 0.5) is 11.4 Å². The molecule has 2 aromatic rings. The Labute approximate surface area is 120 Å². The number of halogens is 1. The normalized spacial score (nSPS) is 17.2. The van der Waals surface area contributed by atoms with Gasteiger partial charge in [-0.05, 0) is 48.0 Å². The molecule has 1 atom stereocenters. The van der Waals surface area contributed by atoms with Crippen LogP contribution < -0.4 is 5.32 Å². The van der Waals surface area contributed by atoms with Gasteiger partial charge in [-0.25, -0.2) is 0 Å². The summed E-state index contributed by atoms with van der Waals surface area (Å²) < 4.78 is 0. The maximum atomic E-state index is 11.9. The average molecular weight is 287 g/mol. The number of carbonyl (C=O) groups is 1. The molecule has 0 fully saturated rings. The van der Waals surface area contributed by atoms with Crippen molar-refractivity contribution in [3.8, 4) is 5.75 Å². The van der Waals surface area contributed by atoms with Crippen LogP contribution in [0.5, 0.6) is 5.75 Å². The van der Waals surface area contributed by atoms with Crippen LogP contribution >= 0.6 is 11.6 Å². The highest BCUT2D eigenvalue weighted by Gasteiger charge is 2.29. The third-order valence-corrected chi connectivity index (χ3v) is 3.35. The molecule has 1 amide bonds. The third kappa shape index (κ3) is 2.38. The zero-order chi connectivity index (χ0) is 14.1. The van der Waals surface area contributed by atoms with E-state index in [1.807, 2.05) is 0 Å². The lowest BCUT2D eigenvalue weighted by Crippen LogP contribution is -2.12. The van der Waals surface area contributed by atoms with E-state index in [2.05, 4.69) is 10.3 Å². The van der Waals surface area contributed by atoms with E-state index in [0.29, 0.717) is 10.7 Å². The van der Waals surface area contributed by atoms with Gasteiger partial charge in [0.05, 0.1) is 5.69 Å². The summed E-state index contributed by atoms with van der Waals surface area (Å²) in [5.74, 6) is -0.387. The molecule has 2 N–H and O–H groups in total. The van der Waals surface area contributed by atoms with Crippen LogP contribution in [0.3, 0.4) is 0 Å². The predicted octanol–water partition coefficient (Wildman–Crippen LogP) is 3.48. The molecule has 1 unspecified atom stereocenters. The van der Waals surface area contributed by atoms with Crippen LogP contribution in [0, 0.1) is 0 Å². The van der Waals surface area contributed by atoms with Crippen LogP contribution in [-0.2, 0) is 4.79 Å². The van der Waals surface area contributed by atoms with Gasteiger partial charge >= 0.3 is 0 Å². The lowest BCUT2D eigenvalue weighted by Gasteiger charge is -2.02. The Morgan fingerprint density at radius 3 is 2.70 bits per heavy atom. The predicted molar refractivity (Wildman–Crippen MR) is 79.1 cm³/mol. The molecule has 0 aliphatic carbocycles. The number of hydrogen-bond donors (Lipinski definition) is 2. The van der Waals surface area contributed by atoms with Crippen molar-refractivity contribution in [1.82, 2.24) is 0 Å². The van der Waals surface area contributed by atoms with E-state index in [9.17, 15) is 9.90 Å². The summed E-state index contributed by atoms with van der Waals surface area (Å²) >= 11 is 5.96. The summed E-state index contributed by atoms with van der Waals surface area (Å²) in [5.41, 5.74) is 2.26. The van der Waals surface area contributed by atoms with Gasteiger partial charge in [-0.1, -0.05) is 11.6 Å². The molecule has 0 saturated carbocycles. The number of fused-ring (bicyclic) bond motifs is 1. The Balaban J connectivity index is 1.90. The molecule has 0 saturated heterocycles. The molecule has 20 heavy (non-hydrogen) atoms. The van der Waals surface area contributed by atoms with Crippen LogP contribution in [-0.4, -0.2) is 17.2 Å². The molecule has 5 heteroatoms. The molecule has 2 aromatic carbocycles. The monoisotopic (exact) mass is 286 g/mol. The minimum atomic E-state index is -0.447. The molecule has 0 aromatic heterocycles. The Morgan fingerprint density at radius 2 is 1.95 bits per heavy atom. The first-order valence-corrected chi connectivity index (χ1v) is 6.45. The number of hydrogen-bond acceptors (Lipinski definition) is 3. The highest BCUT2D eigenvalue weighted by molar-refractivity contribution is 6.31. The highest BCUT2D eigenvalue weighted by Crippen LogP contribution is 2.33. The Bertz CT molecular complexity index is 696. The number of aromatic hydroxyl groups is 1. The summed E-state index contributed by atoms with van der Waals surface area (Å²) in [7, 11) is 0. The summed E-state index contributed by atoms with van der Waals surface area (Å²) in [6.07, 6.45) is 1.59. The van der Waals surface area contributed by atoms with E-state index in [1.54, 1.807) is 48.7 Å². The number of nitrogens with one attached hydrogen (secondary N) is 1. The molecular formula is C15H11ClN2O2. The van der Waals surface area contributed by atoms with Crippen molar-refractivity contribution < 1.29 is 9.90 Å². The molecule has 0 radical (unpaired) electrons. The second-order valence-electron chi connectivity index (χ2n) is 4.49. The molecule has 0 bridgehead atoms. The van der Waals surface area contributed by atoms with Crippen molar-refractivity contribution in [3.63, 3.8) is 0 Å². The molecule has 3 rings (SSSR count). The maximum Gasteiger partial charge on any atom is 0.237 e. The smallest absolute Gasteiger partial charge is 0.237 e. The number of nitrogens with zero attached hydrogens (tertiary/aromatic N) is 1. The van der Waals surface area contributed by atoms with E-state index < -0.39 is 5.92 Å². The van der Waals surface area contributed by atoms with Crippen molar-refractivity contribution in [1.29, 1.82) is 0 Å². The van der Waals surface area contributed by atoms with E-state index in [1.165, 1.54) is 0 Å². The largest absolute Gasteiger partial charge is 0.508 e. The quantitative estimate of drug-likeness (QED) is 0.830. The topological polar surface area (TPSA) is 61.7 Å². The fourth-order valence-corrected chi connectivity index (χ4v) is 2.28. The standard InChI is InChI=1S/C15H11ClN2O2/c16-9-1-6-14-12(7-9)13(15(20)18-14)8-17-10-2-4-11(19)5-3-10/h1-8,13,19H,(H,18,20). The van der Waals surface area contributed by atoms with E-state index >= 15 is 0 Å². The van der Waals surface area contributed by atoms with Gasteiger partial charge in [-0.15, -0.1) is 0 Å². The lowest BCUT2D eigenvalue weighted by atomic mass is 10.0. The van der Waals surface area contributed by atoms with Crippen molar-refractivity contribution in [2.75, 3.05) is 5.32 Å². The van der Waals surface area contributed by atoms with Gasteiger partial charge in [0.25, 0.3) is 0 Å². The summed E-state index contributed by atoms with van der Waals surface area (Å²) in [5, 5.41) is 12.6. The number of phenols is 1. The first-order valence-electron chi connectivity index (χ1n) is 6.07. The second kappa shape index (κ2) is 4.98. The van der Waals surface area contributed by atoms with Crippen molar-refractivity contribution in [2.45, 2.75) is 5.92 Å². The van der Waals surface area contributed by atoms with Crippen LogP contribution in [0.2, 0.25) is 5.02 Å². The number of benzene rings is 2. The molecule has 4 nitrogen and oxygen atoms in total. The summed E-state index contributed by atoms with van der Waals surface area (Å²) in [6, 6.07) is 11.7. The number of amides is 1. The Morgan fingerprint density at radius 1 is 1.20 bits per heavy atom. The number of aliphatic imine (C=N–C) groups is 1. The van der Waals surface area contributed by atoms with Gasteiger partial charge in [0.15, 0.2) is 0 Å². The molecular weight excluding hydrogens is 276 g/mol. The van der Waals surface area contributed by atoms with E-state index in [-0.39, 0.29) is 11.7 Å². The van der Waals surface area contributed by atoms with Crippen molar-refractivity contribution >= 4 is 35.1 Å². The minimum absolute atomic E-state index is 0.121. The molecule has 1 heterocycles. The number of rotatable bonds is 2. The first kappa shape index (κ1) is 12.7.